The number of urea groups is 1. The van der Waals surface area contributed by atoms with E-state index in [0.717, 1.165) is 7.11 Å². The number of aliphatic carboxylic acids is 1. The third-order valence-electron chi connectivity index (χ3n) is 1.86. The Bertz CT molecular complexity index is 343. The Hall–Kier alpha value is -2.32. The fourth-order valence-corrected chi connectivity index (χ4v) is 0.959. The zero-order valence-electron chi connectivity index (χ0n) is 9.76. The molecule has 0 fully saturated rings. The Morgan fingerprint density at radius 3 is 2.39 bits per heavy atom. The van der Waals surface area contributed by atoms with Crippen LogP contribution in [-0.4, -0.2) is 48.7 Å². The predicted molar refractivity (Wildman–Crippen MR) is 58.4 cm³/mol. The number of hydrogen-bond acceptors (Lipinski definition) is 5. The van der Waals surface area contributed by atoms with Gasteiger partial charge in [0.2, 0.25) is 5.91 Å². The fraction of sp³-hybridized carbons (Fsp3) is 0.556. The number of nitrogens with one attached hydrogen (secondary N) is 2. The topological polar surface area (TPSA) is 148 Å². The molecule has 0 aliphatic heterocycles. The lowest BCUT2D eigenvalue weighted by atomic mass is 10.2. The van der Waals surface area contributed by atoms with Crippen LogP contribution in [0.5, 0.6) is 0 Å². The zero-order valence-corrected chi connectivity index (χ0v) is 9.76. The number of hydrogen-bond donors (Lipinski definition) is 4. The van der Waals surface area contributed by atoms with Crippen molar-refractivity contribution < 1.29 is 29.0 Å². The molecule has 3 amide bonds. The first-order valence-corrected chi connectivity index (χ1v) is 4.99. The molecule has 0 aromatic carbocycles. The molecule has 1 atom stereocenters. The first-order chi connectivity index (χ1) is 8.36. The Morgan fingerprint density at radius 2 is 1.94 bits per heavy atom. The lowest BCUT2D eigenvalue weighted by Crippen LogP contribution is -2.47. The van der Waals surface area contributed by atoms with Crippen LogP contribution in [0.3, 0.4) is 0 Å². The normalized spacial score (nSPS) is 11.2. The van der Waals surface area contributed by atoms with Crippen LogP contribution >= 0.6 is 0 Å². The molecule has 9 nitrogen and oxygen atoms in total. The van der Waals surface area contributed by atoms with Crippen molar-refractivity contribution in [2.24, 2.45) is 5.73 Å². The summed E-state index contributed by atoms with van der Waals surface area (Å²) >= 11 is 0. The Kier molecular flexibility index (Phi) is 6.86. The van der Waals surface area contributed by atoms with Crippen molar-refractivity contribution in [3.05, 3.63) is 0 Å². The summed E-state index contributed by atoms with van der Waals surface area (Å²) < 4.78 is 4.29. The number of carbonyl (C=O) groups excluding carboxylic acids is 3. The van der Waals surface area contributed by atoms with E-state index in [1.54, 1.807) is 0 Å². The highest BCUT2D eigenvalue weighted by atomic mass is 16.5. The van der Waals surface area contributed by atoms with Gasteiger partial charge in [-0.25, -0.2) is 9.59 Å². The van der Waals surface area contributed by atoms with Crippen molar-refractivity contribution in [2.45, 2.75) is 18.9 Å². The monoisotopic (exact) mass is 261 g/mol. The number of esters is 1. The van der Waals surface area contributed by atoms with Gasteiger partial charge in [0.1, 0.15) is 6.04 Å². The summed E-state index contributed by atoms with van der Waals surface area (Å²) in [7, 11) is 1.11. The maximum Gasteiger partial charge on any atom is 0.326 e. The second kappa shape index (κ2) is 7.87. The number of carbonyl (C=O) groups is 4. The number of carboxylic acid groups (broad SMARTS) is 1. The minimum atomic E-state index is -1.40. The maximum atomic E-state index is 11.2. The van der Waals surface area contributed by atoms with E-state index >= 15 is 0 Å². The van der Waals surface area contributed by atoms with Gasteiger partial charge >= 0.3 is 18.0 Å². The molecule has 0 radical (unpaired) electrons. The Balaban J connectivity index is 4.16. The zero-order chi connectivity index (χ0) is 14.1. The number of carboxylic acids is 1. The van der Waals surface area contributed by atoms with Crippen LogP contribution in [0.1, 0.15) is 12.8 Å². The summed E-state index contributed by atoms with van der Waals surface area (Å²) in [6, 6.07) is -2.21. The quantitative estimate of drug-likeness (QED) is 0.396. The lowest BCUT2D eigenvalue weighted by Gasteiger charge is -2.13. The van der Waals surface area contributed by atoms with Crippen LogP contribution in [0, 0.1) is 0 Å². The number of amides is 3. The molecule has 102 valence electrons. The first-order valence-electron chi connectivity index (χ1n) is 4.99. The van der Waals surface area contributed by atoms with Crippen LogP contribution in [0.4, 0.5) is 4.79 Å². The maximum absolute atomic E-state index is 11.2. The van der Waals surface area contributed by atoms with Crippen molar-refractivity contribution in [1.82, 2.24) is 10.6 Å². The molecule has 0 saturated heterocycles. The lowest BCUT2D eigenvalue weighted by molar-refractivity contribution is -0.147. The SMILES string of the molecule is COC(=O)C[C@H](NC(=O)NCCC(N)=O)C(=O)O. The molecule has 5 N–H and O–H groups in total. The highest BCUT2D eigenvalue weighted by Crippen LogP contribution is 1.95. The second-order valence-corrected chi connectivity index (χ2v) is 3.29. The van der Waals surface area contributed by atoms with E-state index in [0.29, 0.717) is 0 Å². The first kappa shape index (κ1) is 15.7. The predicted octanol–water partition coefficient (Wildman–Crippen LogP) is -1.82. The van der Waals surface area contributed by atoms with Crippen molar-refractivity contribution in [2.75, 3.05) is 13.7 Å². The van der Waals surface area contributed by atoms with E-state index in [9.17, 15) is 19.2 Å². The molecule has 0 unspecified atom stereocenters. The average Bonchev–Trinajstić information content (AvgIpc) is 2.27. The van der Waals surface area contributed by atoms with Gasteiger partial charge in [-0.2, -0.15) is 0 Å². The van der Waals surface area contributed by atoms with E-state index in [4.69, 9.17) is 10.8 Å². The molecule has 0 spiro atoms. The van der Waals surface area contributed by atoms with Gasteiger partial charge in [-0.1, -0.05) is 0 Å². The van der Waals surface area contributed by atoms with Crippen LogP contribution in [0.25, 0.3) is 0 Å². The summed E-state index contributed by atoms with van der Waals surface area (Å²) in [5.41, 5.74) is 4.85. The van der Waals surface area contributed by atoms with Gasteiger partial charge in [0, 0.05) is 13.0 Å². The number of ether oxygens (including phenoxy) is 1. The van der Waals surface area contributed by atoms with E-state index in [1.165, 1.54) is 0 Å². The standard InChI is InChI=1S/C9H15N3O6/c1-18-7(14)4-5(8(15)16)12-9(17)11-3-2-6(10)13/h5H,2-4H2,1H3,(H2,10,13)(H,15,16)(H2,11,12,17)/t5-/m0/s1. The van der Waals surface area contributed by atoms with Crippen LogP contribution in [0.15, 0.2) is 0 Å². The summed E-state index contributed by atoms with van der Waals surface area (Å²) in [4.78, 5) is 43.2. The molecule has 0 rings (SSSR count). The summed E-state index contributed by atoms with van der Waals surface area (Å²) in [6.45, 7) is -0.0221. The van der Waals surface area contributed by atoms with Crippen LogP contribution in [0.2, 0.25) is 0 Å². The van der Waals surface area contributed by atoms with Gasteiger partial charge in [-0.3, -0.25) is 9.59 Å². The van der Waals surface area contributed by atoms with Crippen molar-refractivity contribution >= 4 is 23.9 Å². The molecule has 0 heterocycles. The molecule has 0 aromatic rings. The fourth-order valence-electron chi connectivity index (χ4n) is 0.959. The number of nitrogens with two attached hydrogens (primary N) is 1. The molecular formula is C9H15N3O6. The molecule has 0 saturated carbocycles. The smallest absolute Gasteiger partial charge is 0.326 e. The van der Waals surface area contributed by atoms with Gasteiger partial charge in [0.05, 0.1) is 13.5 Å². The molecule has 9 heteroatoms. The van der Waals surface area contributed by atoms with E-state index in [2.05, 4.69) is 15.4 Å². The molecule has 0 aromatic heterocycles. The molecule has 18 heavy (non-hydrogen) atoms. The largest absolute Gasteiger partial charge is 0.480 e. The number of methoxy groups -OCH3 is 1. The second-order valence-electron chi connectivity index (χ2n) is 3.29. The third kappa shape index (κ3) is 7.04. The summed E-state index contributed by atoms with van der Waals surface area (Å²) in [5.74, 6) is -2.73. The highest BCUT2D eigenvalue weighted by Gasteiger charge is 2.23. The van der Waals surface area contributed by atoms with E-state index in [-0.39, 0.29) is 13.0 Å². The van der Waals surface area contributed by atoms with Gasteiger partial charge in [0.25, 0.3) is 0 Å². The minimum absolute atomic E-state index is 0.0221. The van der Waals surface area contributed by atoms with Gasteiger partial charge in [-0.05, 0) is 0 Å². The Labute approximate surface area is 103 Å². The van der Waals surface area contributed by atoms with Crippen LogP contribution < -0.4 is 16.4 Å². The number of rotatable bonds is 7. The van der Waals surface area contributed by atoms with E-state index in [1.807, 2.05) is 0 Å². The molecular weight excluding hydrogens is 246 g/mol. The van der Waals surface area contributed by atoms with Crippen molar-refractivity contribution in [3.63, 3.8) is 0 Å². The van der Waals surface area contributed by atoms with Gasteiger partial charge in [-0.15, -0.1) is 0 Å². The van der Waals surface area contributed by atoms with Crippen LogP contribution in [-0.2, 0) is 19.1 Å². The molecule has 0 bridgehead atoms. The summed E-state index contributed by atoms with van der Waals surface area (Å²) in [6.07, 6.45) is -0.558. The average molecular weight is 261 g/mol. The molecule has 0 aliphatic carbocycles. The van der Waals surface area contributed by atoms with Gasteiger partial charge < -0.3 is 26.2 Å². The van der Waals surface area contributed by atoms with E-state index < -0.39 is 36.3 Å². The summed E-state index contributed by atoms with van der Waals surface area (Å²) in [5, 5.41) is 13.0. The molecule has 0 aliphatic rings. The van der Waals surface area contributed by atoms with Crippen molar-refractivity contribution in [3.8, 4) is 0 Å². The van der Waals surface area contributed by atoms with Crippen molar-refractivity contribution in [1.29, 1.82) is 0 Å². The Morgan fingerprint density at radius 1 is 1.33 bits per heavy atom. The highest BCUT2D eigenvalue weighted by molar-refractivity contribution is 5.86. The van der Waals surface area contributed by atoms with Gasteiger partial charge in [0.15, 0.2) is 0 Å². The third-order valence-corrected chi connectivity index (χ3v) is 1.86. The number of primary amides is 1. The minimum Gasteiger partial charge on any atom is -0.480 e.